The lowest BCUT2D eigenvalue weighted by Gasteiger charge is -2.08. The van der Waals surface area contributed by atoms with Crippen LogP contribution in [0.2, 0.25) is 0 Å². The van der Waals surface area contributed by atoms with Crippen molar-refractivity contribution in [3.05, 3.63) is 33.9 Å². The van der Waals surface area contributed by atoms with Gasteiger partial charge in [0.15, 0.2) is 0 Å². The van der Waals surface area contributed by atoms with Crippen LogP contribution in [0.1, 0.15) is 12.0 Å². The summed E-state index contributed by atoms with van der Waals surface area (Å²) in [5.74, 6) is 0. The van der Waals surface area contributed by atoms with E-state index in [0.29, 0.717) is 18.5 Å². The molecule has 17 heavy (non-hydrogen) atoms. The van der Waals surface area contributed by atoms with Gasteiger partial charge in [-0.25, -0.2) is 0 Å². The fraction of sp³-hybridized carbons (Fsp3) is 0.455. The highest BCUT2D eigenvalue weighted by molar-refractivity contribution is 5.62. The number of hydrogen-bond donors (Lipinski definition) is 3. The highest BCUT2D eigenvalue weighted by Crippen LogP contribution is 2.25. The predicted octanol–water partition coefficient (Wildman–Crippen LogP) is 0.922. The van der Waals surface area contributed by atoms with Gasteiger partial charge >= 0.3 is 0 Å². The van der Waals surface area contributed by atoms with Crippen molar-refractivity contribution in [1.29, 1.82) is 0 Å². The second kappa shape index (κ2) is 6.17. The molecule has 94 valence electrons. The molecule has 0 aliphatic rings. The van der Waals surface area contributed by atoms with Gasteiger partial charge in [0, 0.05) is 13.1 Å². The lowest BCUT2D eigenvalue weighted by Crippen LogP contribution is -2.12. The van der Waals surface area contributed by atoms with Crippen molar-refractivity contribution >= 4 is 11.4 Å². The number of nitro benzene ring substituents is 1. The first-order chi connectivity index (χ1) is 8.08. The molecule has 0 amide bonds. The number of hydrogen-bond acceptors (Lipinski definition) is 5. The highest BCUT2D eigenvalue weighted by atomic mass is 16.6. The molecular weight excluding hydrogens is 224 g/mol. The number of nitro groups is 1. The molecule has 0 heterocycles. The van der Waals surface area contributed by atoms with Gasteiger partial charge in [0.2, 0.25) is 0 Å². The van der Waals surface area contributed by atoms with E-state index in [2.05, 4.69) is 5.32 Å². The average molecular weight is 240 g/mol. The molecule has 0 fully saturated rings. The van der Waals surface area contributed by atoms with E-state index in [1.807, 2.05) is 0 Å². The van der Waals surface area contributed by atoms with E-state index >= 15 is 0 Å². The first-order valence-corrected chi connectivity index (χ1v) is 5.32. The number of anilines is 1. The quantitative estimate of drug-likeness (QED) is 0.507. The first-order valence-electron chi connectivity index (χ1n) is 5.32. The Bertz CT molecular complexity index is 395. The second-order valence-corrected chi connectivity index (χ2v) is 3.73. The van der Waals surface area contributed by atoms with Crippen molar-refractivity contribution in [2.24, 2.45) is 0 Å². The molecule has 0 radical (unpaired) electrons. The van der Waals surface area contributed by atoms with Crippen LogP contribution in [0.5, 0.6) is 0 Å². The molecule has 0 aliphatic heterocycles. The van der Waals surface area contributed by atoms with Gasteiger partial charge < -0.3 is 15.5 Å². The Labute approximate surface area is 99.0 Å². The van der Waals surface area contributed by atoms with Crippen LogP contribution in [0.4, 0.5) is 11.4 Å². The van der Waals surface area contributed by atoms with Crippen LogP contribution in [0, 0.1) is 10.1 Å². The summed E-state index contributed by atoms with van der Waals surface area (Å²) in [4.78, 5) is 10.3. The Balaban J connectivity index is 2.79. The maximum absolute atomic E-state index is 10.7. The minimum Gasteiger partial charge on any atom is -0.394 e. The SMILES string of the molecule is CNc1cc(CCC(O)CO)ccc1[N+](=O)[O-]. The normalized spacial score (nSPS) is 12.2. The molecular formula is C11H16N2O4. The molecule has 3 N–H and O–H groups in total. The van der Waals surface area contributed by atoms with Crippen LogP contribution in [0.15, 0.2) is 18.2 Å². The molecule has 6 heteroatoms. The van der Waals surface area contributed by atoms with Crippen LogP contribution < -0.4 is 5.32 Å². The van der Waals surface area contributed by atoms with Crippen LogP contribution >= 0.6 is 0 Å². The minimum atomic E-state index is -0.747. The third kappa shape index (κ3) is 3.69. The van der Waals surface area contributed by atoms with Gasteiger partial charge in [-0.2, -0.15) is 0 Å². The average Bonchev–Trinajstić information content (AvgIpc) is 2.35. The maximum Gasteiger partial charge on any atom is 0.292 e. The summed E-state index contributed by atoms with van der Waals surface area (Å²) in [6.45, 7) is -0.272. The second-order valence-electron chi connectivity index (χ2n) is 3.73. The molecule has 0 saturated heterocycles. The largest absolute Gasteiger partial charge is 0.394 e. The number of aliphatic hydroxyl groups excluding tert-OH is 2. The Morgan fingerprint density at radius 3 is 2.76 bits per heavy atom. The zero-order valence-electron chi connectivity index (χ0n) is 9.59. The fourth-order valence-corrected chi connectivity index (χ4v) is 1.52. The van der Waals surface area contributed by atoms with Crippen LogP contribution in [-0.4, -0.2) is 34.9 Å². The van der Waals surface area contributed by atoms with Gasteiger partial charge in [-0.3, -0.25) is 10.1 Å². The molecule has 0 aliphatic carbocycles. The first kappa shape index (κ1) is 13.4. The minimum absolute atomic E-state index is 0.0268. The van der Waals surface area contributed by atoms with E-state index in [4.69, 9.17) is 5.11 Å². The molecule has 0 saturated carbocycles. The Hall–Kier alpha value is -1.66. The number of aryl methyl sites for hydroxylation is 1. The number of nitrogens with one attached hydrogen (secondary N) is 1. The Kier molecular flexibility index (Phi) is 4.86. The van der Waals surface area contributed by atoms with E-state index in [-0.39, 0.29) is 12.3 Å². The summed E-state index contributed by atoms with van der Waals surface area (Å²) in [7, 11) is 1.62. The third-order valence-electron chi connectivity index (χ3n) is 2.50. The van der Waals surface area contributed by atoms with Gasteiger partial charge in [-0.1, -0.05) is 6.07 Å². The molecule has 0 spiro atoms. The van der Waals surface area contributed by atoms with E-state index in [9.17, 15) is 15.2 Å². The summed E-state index contributed by atoms with van der Waals surface area (Å²) in [6.07, 6.45) is 0.245. The van der Waals surface area contributed by atoms with Crippen LogP contribution in [-0.2, 0) is 6.42 Å². The predicted molar refractivity (Wildman–Crippen MR) is 64.1 cm³/mol. The number of nitrogens with zero attached hydrogens (tertiary/aromatic N) is 1. The third-order valence-corrected chi connectivity index (χ3v) is 2.50. The van der Waals surface area contributed by atoms with Crippen molar-refractivity contribution in [2.75, 3.05) is 19.0 Å². The maximum atomic E-state index is 10.7. The summed E-state index contributed by atoms with van der Waals surface area (Å²) in [5.41, 5.74) is 1.36. The Morgan fingerprint density at radius 2 is 2.24 bits per heavy atom. The number of aliphatic hydroxyl groups is 2. The number of rotatable bonds is 6. The lowest BCUT2D eigenvalue weighted by atomic mass is 10.1. The summed E-state index contributed by atoms with van der Waals surface area (Å²) >= 11 is 0. The van der Waals surface area contributed by atoms with E-state index in [0.717, 1.165) is 5.56 Å². The van der Waals surface area contributed by atoms with Gasteiger partial charge in [-0.05, 0) is 24.5 Å². The van der Waals surface area contributed by atoms with E-state index in [1.165, 1.54) is 6.07 Å². The van der Waals surface area contributed by atoms with Crippen LogP contribution in [0.25, 0.3) is 0 Å². The van der Waals surface area contributed by atoms with E-state index < -0.39 is 11.0 Å². The van der Waals surface area contributed by atoms with Gasteiger partial charge in [-0.15, -0.1) is 0 Å². The van der Waals surface area contributed by atoms with Crippen molar-refractivity contribution in [3.63, 3.8) is 0 Å². The topological polar surface area (TPSA) is 95.6 Å². The molecule has 1 aromatic rings. The van der Waals surface area contributed by atoms with Gasteiger partial charge in [0.1, 0.15) is 5.69 Å². The molecule has 1 rings (SSSR count). The van der Waals surface area contributed by atoms with Crippen molar-refractivity contribution < 1.29 is 15.1 Å². The molecule has 0 aromatic heterocycles. The van der Waals surface area contributed by atoms with Gasteiger partial charge in [0.25, 0.3) is 5.69 Å². The van der Waals surface area contributed by atoms with Crippen molar-refractivity contribution in [1.82, 2.24) is 0 Å². The smallest absolute Gasteiger partial charge is 0.292 e. The zero-order valence-corrected chi connectivity index (χ0v) is 9.59. The van der Waals surface area contributed by atoms with Crippen molar-refractivity contribution in [3.8, 4) is 0 Å². The van der Waals surface area contributed by atoms with E-state index in [1.54, 1.807) is 19.2 Å². The molecule has 1 aromatic carbocycles. The van der Waals surface area contributed by atoms with Crippen molar-refractivity contribution in [2.45, 2.75) is 18.9 Å². The number of benzene rings is 1. The fourth-order valence-electron chi connectivity index (χ4n) is 1.52. The highest BCUT2D eigenvalue weighted by Gasteiger charge is 2.13. The molecule has 1 atom stereocenters. The summed E-state index contributed by atoms with van der Waals surface area (Å²) < 4.78 is 0. The summed E-state index contributed by atoms with van der Waals surface area (Å²) in [5, 5.41) is 31.4. The standard InChI is InChI=1S/C11H16N2O4/c1-12-10-6-8(2-4-9(15)7-14)3-5-11(10)13(16)17/h3,5-6,9,12,14-15H,2,4,7H2,1H3. The summed E-state index contributed by atoms with van der Waals surface area (Å²) in [6, 6.07) is 4.78. The monoisotopic (exact) mass is 240 g/mol. The molecule has 0 bridgehead atoms. The molecule has 6 nitrogen and oxygen atoms in total. The zero-order chi connectivity index (χ0) is 12.8. The lowest BCUT2D eigenvalue weighted by molar-refractivity contribution is -0.383. The van der Waals surface area contributed by atoms with Crippen LogP contribution in [0.3, 0.4) is 0 Å². The van der Waals surface area contributed by atoms with Gasteiger partial charge in [0.05, 0.1) is 17.6 Å². The Morgan fingerprint density at radius 1 is 1.53 bits per heavy atom. The molecule has 1 unspecified atom stereocenters.